The number of carbonyl (C=O) groups is 1. The second-order valence-corrected chi connectivity index (χ2v) is 7.71. The van der Waals surface area contributed by atoms with E-state index < -0.39 is 0 Å². The van der Waals surface area contributed by atoms with Gasteiger partial charge >= 0.3 is 0 Å². The van der Waals surface area contributed by atoms with Gasteiger partial charge in [-0.2, -0.15) is 0 Å². The Morgan fingerprint density at radius 2 is 1.77 bits per heavy atom. The number of aromatic nitrogens is 1. The van der Waals surface area contributed by atoms with Crippen LogP contribution in [0.2, 0.25) is 0 Å². The van der Waals surface area contributed by atoms with Gasteiger partial charge in [-0.15, -0.1) is 24.8 Å². The third-order valence-electron chi connectivity index (χ3n) is 5.79. The van der Waals surface area contributed by atoms with Gasteiger partial charge < -0.3 is 10.2 Å². The van der Waals surface area contributed by atoms with E-state index in [0.717, 1.165) is 55.4 Å². The quantitative estimate of drug-likeness (QED) is 0.554. The van der Waals surface area contributed by atoms with Crippen molar-refractivity contribution in [3.63, 3.8) is 0 Å². The van der Waals surface area contributed by atoms with Gasteiger partial charge in [0.1, 0.15) is 5.82 Å². The van der Waals surface area contributed by atoms with Crippen molar-refractivity contribution in [3.8, 4) is 11.3 Å². The Labute approximate surface area is 195 Å². The average molecular weight is 464 g/mol. The van der Waals surface area contributed by atoms with E-state index >= 15 is 0 Å². The largest absolute Gasteiger partial charge is 0.339 e. The first-order valence-corrected chi connectivity index (χ1v) is 10.3. The van der Waals surface area contributed by atoms with Crippen LogP contribution in [0.15, 0.2) is 54.6 Å². The molecule has 2 aromatic carbocycles. The molecule has 3 aromatic rings. The number of likely N-dealkylation sites (tertiary alicyclic amines) is 1. The van der Waals surface area contributed by atoms with Crippen molar-refractivity contribution < 1.29 is 9.18 Å². The van der Waals surface area contributed by atoms with Gasteiger partial charge in [-0.05, 0) is 75.2 Å². The van der Waals surface area contributed by atoms with Crippen LogP contribution < -0.4 is 5.32 Å². The summed E-state index contributed by atoms with van der Waals surface area (Å²) >= 11 is 0. The molecule has 1 aromatic heterocycles. The van der Waals surface area contributed by atoms with E-state index in [1.807, 2.05) is 42.3 Å². The zero-order chi connectivity index (χ0) is 20.2. The minimum absolute atomic E-state index is 0. The van der Waals surface area contributed by atoms with E-state index in [-0.39, 0.29) is 36.5 Å². The van der Waals surface area contributed by atoms with Crippen LogP contribution >= 0.6 is 24.8 Å². The highest BCUT2D eigenvalue weighted by Gasteiger charge is 2.25. The first-order valence-electron chi connectivity index (χ1n) is 10.3. The van der Waals surface area contributed by atoms with Gasteiger partial charge in [0.05, 0.1) is 16.8 Å². The molecule has 0 radical (unpaired) electrons. The number of fused-ring (bicyclic) bond motifs is 1. The molecule has 1 fully saturated rings. The predicted molar refractivity (Wildman–Crippen MR) is 129 cm³/mol. The summed E-state index contributed by atoms with van der Waals surface area (Å²) in [4.78, 5) is 20.1. The van der Waals surface area contributed by atoms with Gasteiger partial charge in [-0.25, -0.2) is 9.37 Å². The van der Waals surface area contributed by atoms with Crippen molar-refractivity contribution in [2.45, 2.75) is 19.3 Å². The number of nitrogens with one attached hydrogen (secondary N) is 1. The third kappa shape index (κ3) is 5.73. The van der Waals surface area contributed by atoms with Crippen molar-refractivity contribution in [3.05, 3.63) is 66.0 Å². The Balaban J connectivity index is 0.00000171. The minimum Gasteiger partial charge on any atom is -0.339 e. The maximum atomic E-state index is 13.4. The lowest BCUT2D eigenvalue weighted by Crippen LogP contribution is -2.39. The number of pyridine rings is 1. The molecule has 4 nitrogen and oxygen atoms in total. The average Bonchev–Trinajstić information content (AvgIpc) is 2.77. The number of amides is 1. The number of benzene rings is 2. The van der Waals surface area contributed by atoms with Crippen LogP contribution in [-0.4, -0.2) is 42.5 Å². The van der Waals surface area contributed by atoms with Gasteiger partial charge in [0, 0.05) is 24.0 Å². The van der Waals surface area contributed by atoms with Gasteiger partial charge in [-0.1, -0.05) is 18.2 Å². The smallest absolute Gasteiger partial charge is 0.254 e. The van der Waals surface area contributed by atoms with Gasteiger partial charge in [0.25, 0.3) is 5.91 Å². The highest BCUT2D eigenvalue weighted by Crippen LogP contribution is 2.28. The number of hydrogen-bond acceptors (Lipinski definition) is 3. The van der Waals surface area contributed by atoms with Crippen LogP contribution in [0.25, 0.3) is 22.2 Å². The van der Waals surface area contributed by atoms with Gasteiger partial charge in [0.15, 0.2) is 0 Å². The summed E-state index contributed by atoms with van der Waals surface area (Å²) in [5, 5.41) is 4.07. The first kappa shape index (κ1) is 25.1. The van der Waals surface area contributed by atoms with Crippen LogP contribution in [-0.2, 0) is 0 Å². The van der Waals surface area contributed by atoms with E-state index in [4.69, 9.17) is 4.98 Å². The molecule has 0 saturated carbocycles. The van der Waals surface area contributed by atoms with Crippen molar-refractivity contribution in [1.29, 1.82) is 0 Å². The predicted octanol–water partition coefficient (Wildman–Crippen LogP) is 5.35. The van der Waals surface area contributed by atoms with Crippen LogP contribution in [0.3, 0.4) is 0 Å². The first-order chi connectivity index (χ1) is 14.2. The molecule has 4 rings (SSSR count). The van der Waals surface area contributed by atoms with Crippen molar-refractivity contribution in [1.82, 2.24) is 15.2 Å². The normalized spacial score (nSPS) is 14.1. The van der Waals surface area contributed by atoms with Crippen LogP contribution in [0.5, 0.6) is 0 Å². The molecule has 0 aliphatic carbocycles. The lowest BCUT2D eigenvalue weighted by molar-refractivity contribution is 0.0689. The summed E-state index contributed by atoms with van der Waals surface area (Å²) in [5.74, 6) is 0.446. The van der Waals surface area contributed by atoms with Gasteiger partial charge in [-0.3, -0.25) is 4.79 Å². The maximum Gasteiger partial charge on any atom is 0.254 e. The number of piperidine rings is 1. The molecule has 1 N–H and O–H groups in total. The van der Waals surface area contributed by atoms with Crippen molar-refractivity contribution >= 4 is 41.6 Å². The van der Waals surface area contributed by atoms with Crippen molar-refractivity contribution in [2.75, 3.05) is 26.7 Å². The third-order valence-corrected chi connectivity index (χ3v) is 5.79. The minimum atomic E-state index is -0.285. The molecule has 1 saturated heterocycles. The van der Waals surface area contributed by atoms with E-state index in [1.54, 1.807) is 12.1 Å². The van der Waals surface area contributed by atoms with E-state index in [2.05, 4.69) is 5.32 Å². The molecule has 1 aliphatic heterocycles. The molecule has 31 heavy (non-hydrogen) atoms. The zero-order valence-electron chi connectivity index (χ0n) is 17.5. The summed E-state index contributed by atoms with van der Waals surface area (Å²) < 4.78 is 13.3. The maximum absolute atomic E-state index is 13.4. The Bertz CT molecular complexity index is 1010. The molecular weight excluding hydrogens is 436 g/mol. The second kappa shape index (κ2) is 11.4. The molecule has 7 heteroatoms. The van der Waals surface area contributed by atoms with E-state index in [1.165, 1.54) is 12.1 Å². The van der Waals surface area contributed by atoms with Crippen LogP contribution in [0.4, 0.5) is 4.39 Å². The summed E-state index contributed by atoms with van der Waals surface area (Å²) in [6.45, 7) is 2.60. The number of para-hydroxylation sites is 1. The molecule has 1 aliphatic rings. The van der Waals surface area contributed by atoms with Crippen LogP contribution in [0, 0.1) is 11.7 Å². The van der Waals surface area contributed by atoms with E-state index in [0.29, 0.717) is 17.2 Å². The summed E-state index contributed by atoms with van der Waals surface area (Å²) in [6.07, 6.45) is 3.24. The summed E-state index contributed by atoms with van der Waals surface area (Å²) in [7, 11) is 1.98. The Kier molecular flexibility index (Phi) is 9.23. The fraction of sp³-hybridized carbons (Fsp3) is 0.333. The standard InChI is InChI=1S/C24H26FN3O.2ClH/c1-26-13-10-17-11-14-28(15-12-17)24(29)21-16-23(18-6-8-19(25)9-7-18)27-22-5-3-2-4-20(21)22;;/h2-9,16-17,26H,10-15H2,1H3;2*1H. The Morgan fingerprint density at radius 3 is 2.45 bits per heavy atom. The number of halogens is 3. The Hall–Kier alpha value is -2.21. The molecular formula is C24H28Cl2FN3O. The monoisotopic (exact) mass is 463 g/mol. The van der Waals surface area contributed by atoms with Crippen LogP contribution in [0.1, 0.15) is 29.6 Å². The topological polar surface area (TPSA) is 45.2 Å². The summed E-state index contributed by atoms with van der Waals surface area (Å²) in [6, 6.07) is 15.8. The lowest BCUT2D eigenvalue weighted by atomic mass is 9.93. The van der Waals surface area contributed by atoms with Gasteiger partial charge in [0.2, 0.25) is 0 Å². The molecule has 1 amide bonds. The highest BCUT2D eigenvalue weighted by atomic mass is 35.5. The number of rotatable bonds is 5. The number of carbonyl (C=O) groups excluding carboxylic acids is 1. The fourth-order valence-electron chi connectivity index (χ4n) is 4.06. The number of nitrogens with zero attached hydrogens (tertiary/aromatic N) is 2. The molecule has 0 spiro atoms. The molecule has 0 bridgehead atoms. The highest BCUT2D eigenvalue weighted by molar-refractivity contribution is 6.07. The number of hydrogen-bond donors (Lipinski definition) is 1. The SMILES string of the molecule is CNCCC1CCN(C(=O)c2cc(-c3ccc(F)cc3)nc3ccccc23)CC1.Cl.Cl. The molecule has 0 unspecified atom stereocenters. The molecule has 2 heterocycles. The molecule has 0 atom stereocenters. The zero-order valence-corrected chi connectivity index (χ0v) is 19.1. The summed E-state index contributed by atoms with van der Waals surface area (Å²) in [5.41, 5.74) is 2.94. The fourth-order valence-corrected chi connectivity index (χ4v) is 4.06. The molecule has 166 valence electrons. The second-order valence-electron chi connectivity index (χ2n) is 7.71. The van der Waals surface area contributed by atoms with E-state index in [9.17, 15) is 9.18 Å². The Morgan fingerprint density at radius 1 is 1.10 bits per heavy atom. The van der Waals surface area contributed by atoms with Crippen molar-refractivity contribution in [2.24, 2.45) is 5.92 Å². The lowest BCUT2D eigenvalue weighted by Gasteiger charge is -2.32.